The topological polar surface area (TPSA) is 96.0 Å². The summed E-state index contributed by atoms with van der Waals surface area (Å²) in [6.07, 6.45) is 2.01. The van der Waals surface area contributed by atoms with E-state index in [0.717, 1.165) is 22.7 Å². The van der Waals surface area contributed by atoms with Crippen LogP contribution in [0.15, 0.2) is 71.6 Å². The van der Waals surface area contributed by atoms with Crippen LogP contribution in [0.4, 0.5) is 5.69 Å². The number of nitrogens with zero attached hydrogens (tertiary/aromatic N) is 2. The first kappa shape index (κ1) is 34.2. The van der Waals surface area contributed by atoms with Crippen molar-refractivity contribution in [2.75, 3.05) is 24.0 Å². The molecule has 0 aliphatic heterocycles. The Bertz CT molecular complexity index is 1480. The Morgan fingerprint density at radius 3 is 2.19 bits per heavy atom. The summed E-state index contributed by atoms with van der Waals surface area (Å²) in [6, 6.07) is 17.1. The van der Waals surface area contributed by atoms with Crippen LogP contribution in [0.3, 0.4) is 0 Å². The van der Waals surface area contributed by atoms with Crippen molar-refractivity contribution in [3.05, 3.63) is 87.9 Å². The lowest BCUT2D eigenvalue weighted by atomic mass is 10.1. The summed E-state index contributed by atoms with van der Waals surface area (Å²) in [4.78, 5) is 28.9. The third-order valence-electron chi connectivity index (χ3n) is 6.88. The molecular weight excluding hydrogens is 609 g/mol. The van der Waals surface area contributed by atoms with Crippen LogP contribution in [0, 0.1) is 6.92 Å². The number of carbonyl (C=O) groups excluding carboxylic acids is 2. The van der Waals surface area contributed by atoms with E-state index in [9.17, 15) is 18.0 Å². The van der Waals surface area contributed by atoms with Crippen LogP contribution < -0.4 is 14.4 Å². The second-order valence-electron chi connectivity index (χ2n) is 10.1. The number of hydrogen-bond acceptors (Lipinski definition) is 5. The number of benzene rings is 3. The minimum atomic E-state index is -4.17. The number of unbranched alkanes of at least 4 members (excludes halogenated alkanes) is 1. The molecule has 0 heterocycles. The van der Waals surface area contributed by atoms with Gasteiger partial charge in [0, 0.05) is 13.1 Å². The fourth-order valence-electron chi connectivity index (χ4n) is 4.50. The average molecular weight is 649 g/mol. The van der Waals surface area contributed by atoms with Crippen molar-refractivity contribution in [3.63, 3.8) is 0 Å². The highest BCUT2D eigenvalue weighted by molar-refractivity contribution is 7.92. The SMILES string of the molecule is CCCCNC(=O)[C@H](CC)N(Cc1ccc(Cl)c(Cl)c1)C(=O)CN(c1ccc(OCC)cc1)S(=O)(=O)c1ccc(C)cc1. The molecule has 0 spiro atoms. The molecule has 1 atom stereocenters. The Labute approximate surface area is 265 Å². The molecule has 3 aromatic carbocycles. The van der Waals surface area contributed by atoms with Gasteiger partial charge in [-0.05, 0) is 80.8 Å². The maximum atomic E-state index is 14.2. The summed E-state index contributed by atoms with van der Waals surface area (Å²) in [5.74, 6) is -0.284. The van der Waals surface area contributed by atoms with E-state index >= 15 is 0 Å². The third kappa shape index (κ3) is 9.11. The summed E-state index contributed by atoms with van der Waals surface area (Å²) in [6.45, 7) is 7.96. The van der Waals surface area contributed by atoms with Crippen molar-refractivity contribution in [1.29, 1.82) is 0 Å². The molecular formula is C32H39Cl2N3O5S. The number of hydrogen-bond donors (Lipinski definition) is 1. The highest BCUT2D eigenvalue weighted by atomic mass is 35.5. The molecule has 0 saturated carbocycles. The highest BCUT2D eigenvalue weighted by Gasteiger charge is 2.33. The second kappa shape index (κ2) is 16.0. The molecule has 0 saturated heterocycles. The normalized spacial score (nSPS) is 12.0. The van der Waals surface area contributed by atoms with E-state index < -0.39 is 28.5 Å². The predicted octanol–water partition coefficient (Wildman–Crippen LogP) is 6.62. The number of halogens is 2. The number of amides is 2. The van der Waals surface area contributed by atoms with Gasteiger partial charge in [0.15, 0.2) is 0 Å². The van der Waals surface area contributed by atoms with E-state index in [-0.39, 0.29) is 23.0 Å². The number of ether oxygens (including phenoxy) is 1. The van der Waals surface area contributed by atoms with Crippen LogP contribution in [-0.2, 0) is 26.2 Å². The first-order chi connectivity index (χ1) is 20.5. The molecule has 0 bridgehead atoms. The van der Waals surface area contributed by atoms with E-state index in [2.05, 4.69) is 5.32 Å². The molecule has 2 amide bonds. The minimum absolute atomic E-state index is 0.0249. The molecule has 3 aromatic rings. The monoisotopic (exact) mass is 647 g/mol. The average Bonchev–Trinajstić information content (AvgIpc) is 2.98. The number of rotatable bonds is 15. The molecule has 0 fully saturated rings. The van der Waals surface area contributed by atoms with Gasteiger partial charge in [-0.25, -0.2) is 8.42 Å². The Kier molecular flexibility index (Phi) is 12.7. The summed E-state index contributed by atoms with van der Waals surface area (Å²) in [5.41, 5.74) is 1.83. The van der Waals surface area contributed by atoms with Gasteiger partial charge in [-0.2, -0.15) is 0 Å². The van der Waals surface area contributed by atoms with Gasteiger partial charge in [-0.15, -0.1) is 0 Å². The second-order valence-corrected chi connectivity index (χ2v) is 12.8. The number of aryl methyl sites for hydroxylation is 1. The molecule has 3 rings (SSSR count). The molecule has 0 unspecified atom stereocenters. The predicted molar refractivity (Wildman–Crippen MR) is 172 cm³/mol. The van der Waals surface area contributed by atoms with Gasteiger partial charge >= 0.3 is 0 Å². The summed E-state index contributed by atoms with van der Waals surface area (Å²) >= 11 is 12.4. The van der Waals surface area contributed by atoms with Crippen molar-refractivity contribution >= 4 is 50.7 Å². The Balaban J connectivity index is 2.05. The van der Waals surface area contributed by atoms with Crippen LogP contribution >= 0.6 is 23.2 Å². The van der Waals surface area contributed by atoms with Crippen molar-refractivity contribution in [2.45, 2.75) is 64.4 Å². The molecule has 1 N–H and O–H groups in total. The molecule has 0 aliphatic carbocycles. The lowest BCUT2D eigenvalue weighted by Crippen LogP contribution is -2.52. The molecule has 11 heteroatoms. The molecule has 8 nitrogen and oxygen atoms in total. The van der Waals surface area contributed by atoms with Crippen LogP contribution in [0.5, 0.6) is 5.75 Å². The molecule has 0 aliphatic rings. The van der Waals surface area contributed by atoms with Crippen molar-refractivity contribution in [1.82, 2.24) is 10.2 Å². The highest BCUT2D eigenvalue weighted by Crippen LogP contribution is 2.28. The van der Waals surface area contributed by atoms with E-state index in [1.165, 1.54) is 17.0 Å². The number of anilines is 1. The van der Waals surface area contributed by atoms with Gasteiger partial charge < -0.3 is 15.0 Å². The lowest BCUT2D eigenvalue weighted by molar-refractivity contribution is -0.140. The molecule has 0 aromatic heterocycles. The van der Waals surface area contributed by atoms with Crippen molar-refractivity contribution < 1.29 is 22.7 Å². The summed E-state index contributed by atoms with van der Waals surface area (Å²) < 4.78 is 34.6. The molecule has 0 radical (unpaired) electrons. The van der Waals surface area contributed by atoms with Crippen molar-refractivity contribution in [2.24, 2.45) is 0 Å². The summed E-state index contributed by atoms with van der Waals surface area (Å²) in [7, 11) is -4.17. The number of carbonyl (C=O) groups is 2. The van der Waals surface area contributed by atoms with Gasteiger partial charge in [0.1, 0.15) is 18.3 Å². The van der Waals surface area contributed by atoms with Crippen LogP contribution in [0.25, 0.3) is 0 Å². The fourth-order valence-corrected chi connectivity index (χ4v) is 6.24. The van der Waals surface area contributed by atoms with Crippen LogP contribution in [0.2, 0.25) is 10.0 Å². The molecule has 43 heavy (non-hydrogen) atoms. The van der Waals surface area contributed by atoms with Crippen molar-refractivity contribution in [3.8, 4) is 5.75 Å². The van der Waals surface area contributed by atoms with Gasteiger partial charge in [-0.1, -0.05) is 67.2 Å². The quantitative estimate of drug-likeness (QED) is 0.187. The first-order valence-corrected chi connectivity index (χ1v) is 16.5. The number of nitrogens with one attached hydrogen (secondary N) is 1. The summed E-state index contributed by atoms with van der Waals surface area (Å²) in [5, 5.41) is 3.58. The van der Waals surface area contributed by atoms with E-state index in [1.807, 2.05) is 27.7 Å². The van der Waals surface area contributed by atoms with Gasteiger partial charge in [-0.3, -0.25) is 13.9 Å². The first-order valence-electron chi connectivity index (χ1n) is 14.3. The Hall–Kier alpha value is -3.27. The maximum Gasteiger partial charge on any atom is 0.264 e. The van der Waals surface area contributed by atoms with Gasteiger partial charge in [0.25, 0.3) is 10.0 Å². The van der Waals surface area contributed by atoms with Crippen LogP contribution in [-0.4, -0.2) is 50.9 Å². The smallest absolute Gasteiger partial charge is 0.264 e. The van der Waals surface area contributed by atoms with Gasteiger partial charge in [0.2, 0.25) is 11.8 Å². The Morgan fingerprint density at radius 1 is 0.930 bits per heavy atom. The van der Waals surface area contributed by atoms with E-state index in [0.29, 0.717) is 40.9 Å². The van der Waals surface area contributed by atoms with Gasteiger partial charge in [0.05, 0.1) is 27.2 Å². The standard InChI is InChI=1S/C32H39Cl2N3O5S/c1-5-8-19-35-32(39)30(6-2)36(21-24-11-18-28(33)29(34)20-24)31(38)22-37(25-12-14-26(15-13-25)42-7-3)43(40,41)27-16-9-23(4)10-17-27/h9-18,20,30H,5-8,19,21-22H2,1-4H3,(H,35,39)/t30-/m0/s1. The Morgan fingerprint density at radius 2 is 1.60 bits per heavy atom. The minimum Gasteiger partial charge on any atom is -0.494 e. The maximum absolute atomic E-state index is 14.2. The lowest BCUT2D eigenvalue weighted by Gasteiger charge is -2.33. The van der Waals surface area contributed by atoms with E-state index in [1.54, 1.807) is 54.6 Å². The van der Waals surface area contributed by atoms with E-state index in [4.69, 9.17) is 27.9 Å². The number of sulfonamides is 1. The zero-order valence-electron chi connectivity index (χ0n) is 25.0. The third-order valence-corrected chi connectivity index (χ3v) is 9.40. The zero-order chi connectivity index (χ0) is 31.6. The largest absolute Gasteiger partial charge is 0.494 e. The van der Waals surface area contributed by atoms with Crippen LogP contribution in [0.1, 0.15) is 51.2 Å². The molecule has 232 valence electrons. The fraction of sp³-hybridized carbons (Fsp3) is 0.375. The zero-order valence-corrected chi connectivity index (χ0v) is 27.3.